The molecule has 1 amide bonds. The van der Waals surface area contributed by atoms with Crippen molar-refractivity contribution >= 4 is 11.9 Å². The Morgan fingerprint density at radius 3 is 2.38 bits per heavy atom. The molecule has 0 saturated heterocycles. The van der Waals surface area contributed by atoms with Crippen molar-refractivity contribution in [2.75, 3.05) is 33.9 Å². The number of guanidine groups is 1. The number of nitrogens with zero attached hydrogens (tertiary/aromatic N) is 1. The third kappa shape index (κ3) is 6.91. The number of carbonyl (C=O) groups excluding carboxylic acids is 1. The lowest BCUT2D eigenvalue weighted by Gasteiger charge is -2.13. The van der Waals surface area contributed by atoms with Crippen LogP contribution in [0.25, 0.3) is 0 Å². The molecule has 8 heteroatoms. The minimum Gasteiger partial charge on any atom is -0.508 e. The van der Waals surface area contributed by atoms with Gasteiger partial charge in [-0.25, -0.2) is 4.99 Å². The fraction of sp³-hybridized carbons (Fsp3) is 0.333. The van der Waals surface area contributed by atoms with Crippen LogP contribution in [0.5, 0.6) is 17.2 Å². The van der Waals surface area contributed by atoms with E-state index in [1.165, 1.54) is 12.1 Å². The van der Waals surface area contributed by atoms with Crippen molar-refractivity contribution in [3.8, 4) is 17.2 Å². The second kappa shape index (κ2) is 11.4. The summed E-state index contributed by atoms with van der Waals surface area (Å²) in [4.78, 5) is 16.6. The zero-order valence-corrected chi connectivity index (χ0v) is 17.0. The Hall–Kier alpha value is -3.42. The van der Waals surface area contributed by atoms with E-state index in [9.17, 15) is 9.90 Å². The fourth-order valence-electron chi connectivity index (χ4n) is 2.56. The maximum absolute atomic E-state index is 12.1. The Labute approximate surface area is 171 Å². The first-order chi connectivity index (χ1) is 14.1. The van der Waals surface area contributed by atoms with Gasteiger partial charge in [0.05, 0.1) is 20.8 Å². The van der Waals surface area contributed by atoms with E-state index in [4.69, 9.17) is 9.47 Å². The molecule has 156 valence electrons. The number of aromatic hydroxyl groups is 1. The number of ether oxygens (including phenoxy) is 2. The van der Waals surface area contributed by atoms with Crippen molar-refractivity contribution in [1.29, 1.82) is 0 Å². The Bertz CT molecular complexity index is 822. The molecule has 0 aromatic heterocycles. The van der Waals surface area contributed by atoms with Crippen LogP contribution in [0.2, 0.25) is 0 Å². The molecule has 8 nitrogen and oxygen atoms in total. The number of rotatable bonds is 9. The van der Waals surface area contributed by atoms with Crippen molar-refractivity contribution in [3.63, 3.8) is 0 Å². The van der Waals surface area contributed by atoms with Crippen LogP contribution in [0.15, 0.2) is 47.5 Å². The van der Waals surface area contributed by atoms with Gasteiger partial charge >= 0.3 is 0 Å². The summed E-state index contributed by atoms with van der Waals surface area (Å²) in [7, 11) is 3.22. The van der Waals surface area contributed by atoms with Crippen molar-refractivity contribution < 1.29 is 19.4 Å². The molecular weight excluding hydrogens is 372 g/mol. The molecule has 29 heavy (non-hydrogen) atoms. The van der Waals surface area contributed by atoms with E-state index >= 15 is 0 Å². The summed E-state index contributed by atoms with van der Waals surface area (Å²) >= 11 is 0. The van der Waals surface area contributed by atoms with Gasteiger partial charge in [-0.05, 0) is 43.3 Å². The van der Waals surface area contributed by atoms with Crippen LogP contribution in [0, 0.1) is 0 Å². The number of phenolic OH excluding ortho intramolecular Hbond substituents is 1. The lowest BCUT2D eigenvalue weighted by atomic mass is 10.2. The Morgan fingerprint density at radius 2 is 1.72 bits per heavy atom. The molecule has 2 rings (SSSR count). The number of carbonyl (C=O) groups is 1. The van der Waals surface area contributed by atoms with E-state index in [0.29, 0.717) is 43.5 Å². The van der Waals surface area contributed by atoms with E-state index in [1.807, 2.05) is 25.1 Å². The molecule has 0 fully saturated rings. The fourth-order valence-corrected chi connectivity index (χ4v) is 2.56. The van der Waals surface area contributed by atoms with Crippen molar-refractivity contribution in [2.45, 2.75) is 13.5 Å². The second-order valence-electron chi connectivity index (χ2n) is 6.10. The largest absolute Gasteiger partial charge is 0.508 e. The van der Waals surface area contributed by atoms with Crippen LogP contribution in [-0.4, -0.2) is 50.8 Å². The predicted molar refractivity (Wildman–Crippen MR) is 113 cm³/mol. The number of aliphatic imine (C=N–C) groups is 1. The zero-order chi connectivity index (χ0) is 21.1. The molecule has 0 bridgehead atoms. The summed E-state index contributed by atoms with van der Waals surface area (Å²) in [5, 5.41) is 18.5. The molecule has 0 aliphatic carbocycles. The molecule has 0 radical (unpaired) electrons. The van der Waals surface area contributed by atoms with Crippen LogP contribution in [0.1, 0.15) is 22.8 Å². The molecule has 4 N–H and O–H groups in total. The minimum atomic E-state index is -0.197. The maximum atomic E-state index is 12.1. The highest BCUT2D eigenvalue weighted by Crippen LogP contribution is 2.25. The van der Waals surface area contributed by atoms with Crippen molar-refractivity contribution in [2.24, 2.45) is 4.99 Å². The summed E-state index contributed by atoms with van der Waals surface area (Å²) in [5.41, 5.74) is 1.43. The molecule has 0 aliphatic heterocycles. The third-order valence-electron chi connectivity index (χ3n) is 4.08. The van der Waals surface area contributed by atoms with Gasteiger partial charge in [-0.2, -0.15) is 0 Å². The average molecular weight is 400 g/mol. The highest BCUT2D eigenvalue weighted by atomic mass is 16.5. The SMILES string of the molecule is CCNC(=NCc1ccc(OC)cc1OC)NCCNC(=O)c1ccc(O)cc1. The van der Waals surface area contributed by atoms with Gasteiger partial charge < -0.3 is 30.5 Å². The quantitative estimate of drug-likeness (QED) is 0.291. The summed E-state index contributed by atoms with van der Waals surface area (Å²) in [6, 6.07) is 11.7. The van der Waals surface area contributed by atoms with E-state index in [1.54, 1.807) is 26.4 Å². The van der Waals surface area contributed by atoms with Crippen LogP contribution >= 0.6 is 0 Å². The molecule has 0 aliphatic rings. The first kappa shape index (κ1) is 21.9. The second-order valence-corrected chi connectivity index (χ2v) is 6.10. The average Bonchev–Trinajstić information content (AvgIpc) is 2.75. The van der Waals surface area contributed by atoms with Crippen LogP contribution in [0.4, 0.5) is 0 Å². The molecule has 0 spiro atoms. The molecule has 0 saturated carbocycles. The number of phenols is 1. The summed E-state index contributed by atoms with van der Waals surface area (Å²) < 4.78 is 10.6. The van der Waals surface area contributed by atoms with Crippen LogP contribution in [0.3, 0.4) is 0 Å². The summed E-state index contributed by atoms with van der Waals surface area (Å²) in [6.45, 7) is 4.07. The van der Waals surface area contributed by atoms with E-state index in [-0.39, 0.29) is 11.7 Å². The Morgan fingerprint density at radius 1 is 1.00 bits per heavy atom. The number of hydrogen-bond acceptors (Lipinski definition) is 5. The summed E-state index contributed by atoms with van der Waals surface area (Å²) in [6.07, 6.45) is 0. The number of benzene rings is 2. The van der Waals surface area contributed by atoms with Gasteiger partial charge in [0.1, 0.15) is 17.2 Å². The van der Waals surface area contributed by atoms with Gasteiger partial charge in [-0.1, -0.05) is 0 Å². The first-order valence-electron chi connectivity index (χ1n) is 9.37. The predicted octanol–water partition coefficient (Wildman–Crippen LogP) is 1.89. The van der Waals surface area contributed by atoms with E-state index < -0.39 is 0 Å². The molecule has 0 heterocycles. The monoisotopic (exact) mass is 400 g/mol. The highest BCUT2D eigenvalue weighted by molar-refractivity contribution is 5.94. The zero-order valence-electron chi connectivity index (χ0n) is 17.0. The van der Waals surface area contributed by atoms with Crippen LogP contribution < -0.4 is 25.4 Å². The van der Waals surface area contributed by atoms with Gasteiger partial charge in [0.15, 0.2) is 5.96 Å². The smallest absolute Gasteiger partial charge is 0.251 e. The normalized spacial score (nSPS) is 10.9. The standard InChI is InChI=1S/C21H28N4O4/c1-4-22-21(25-14-16-7-10-18(28-2)13-19(16)29-3)24-12-11-23-20(27)15-5-8-17(26)9-6-15/h5-10,13,26H,4,11-12,14H2,1-3H3,(H,23,27)(H2,22,24,25). The van der Waals surface area contributed by atoms with Crippen molar-refractivity contribution in [1.82, 2.24) is 16.0 Å². The number of amides is 1. The van der Waals surface area contributed by atoms with Crippen molar-refractivity contribution in [3.05, 3.63) is 53.6 Å². The van der Waals surface area contributed by atoms with Gasteiger partial charge in [0.2, 0.25) is 0 Å². The Balaban J connectivity index is 1.87. The lowest BCUT2D eigenvalue weighted by Crippen LogP contribution is -2.41. The van der Waals surface area contributed by atoms with Gasteiger partial charge in [-0.3, -0.25) is 4.79 Å². The number of methoxy groups -OCH3 is 2. The molecule has 0 atom stereocenters. The molecule has 2 aromatic rings. The van der Waals surface area contributed by atoms with E-state index in [2.05, 4.69) is 20.9 Å². The molecule has 2 aromatic carbocycles. The highest BCUT2D eigenvalue weighted by Gasteiger charge is 2.07. The molecule has 0 unspecified atom stereocenters. The number of nitrogens with one attached hydrogen (secondary N) is 3. The Kier molecular flexibility index (Phi) is 8.62. The molecular formula is C21H28N4O4. The summed E-state index contributed by atoms with van der Waals surface area (Å²) in [5.74, 6) is 2.01. The van der Waals surface area contributed by atoms with Gasteiger partial charge in [0.25, 0.3) is 5.91 Å². The number of hydrogen-bond donors (Lipinski definition) is 4. The maximum Gasteiger partial charge on any atom is 0.251 e. The third-order valence-corrected chi connectivity index (χ3v) is 4.08. The van der Waals surface area contributed by atoms with Gasteiger partial charge in [0, 0.05) is 36.8 Å². The van der Waals surface area contributed by atoms with E-state index in [0.717, 1.165) is 11.3 Å². The first-order valence-corrected chi connectivity index (χ1v) is 9.37. The minimum absolute atomic E-state index is 0.128. The topological polar surface area (TPSA) is 104 Å². The van der Waals surface area contributed by atoms with Crippen LogP contribution in [-0.2, 0) is 6.54 Å². The lowest BCUT2D eigenvalue weighted by molar-refractivity contribution is 0.0954. The van der Waals surface area contributed by atoms with Gasteiger partial charge in [-0.15, -0.1) is 0 Å².